The molecule has 4 heteroatoms. The summed E-state index contributed by atoms with van der Waals surface area (Å²) in [6, 6.07) is 8.18. The second-order valence-electron chi connectivity index (χ2n) is 5.46. The standard InChI is InChI=1S/C16H25NO3/c1-2-20-15-5-3-14(4-6-15)11-17-12-16(7-9-18)8-10-19-13-16/h3-6,17-18H,2,7-13H2,1H3. The van der Waals surface area contributed by atoms with Crippen LogP contribution in [0.3, 0.4) is 0 Å². The first-order valence-corrected chi connectivity index (χ1v) is 7.39. The molecule has 1 aromatic carbocycles. The van der Waals surface area contributed by atoms with Gasteiger partial charge in [-0.15, -0.1) is 0 Å². The summed E-state index contributed by atoms with van der Waals surface area (Å²) in [6.07, 6.45) is 1.84. The molecular weight excluding hydrogens is 254 g/mol. The smallest absolute Gasteiger partial charge is 0.119 e. The van der Waals surface area contributed by atoms with Crippen molar-refractivity contribution in [1.82, 2.24) is 5.32 Å². The van der Waals surface area contributed by atoms with Gasteiger partial charge in [-0.3, -0.25) is 0 Å². The van der Waals surface area contributed by atoms with Crippen LogP contribution in [0.5, 0.6) is 5.75 Å². The number of hydrogen-bond acceptors (Lipinski definition) is 4. The normalized spacial score (nSPS) is 22.1. The summed E-state index contributed by atoms with van der Waals surface area (Å²) >= 11 is 0. The first-order valence-electron chi connectivity index (χ1n) is 7.39. The van der Waals surface area contributed by atoms with Crippen molar-refractivity contribution in [2.24, 2.45) is 5.41 Å². The average Bonchev–Trinajstić information content (AvgIpc) is 2.90. The van der Waals surface area contributed by atoms with Gasteiger partial charge in [0.15, 0.2) is 0 Å². The van der Waals surface area contributed by atoms with Crippen molar-refractivity contribution >= 4 is 0 Å². The van der Waals surface area contributed by atoms with E-state index in [1.54, 1.807) is 0 Å². The van der Waals surface area contributed by atoms with Crippen LogP contribution in [0.25, 0.3) is 0 Å². The van der Waals surface area contributed by atoms with Crippen LogP contribution in [0, 0.1) is 5.41 Å². The maximum absolute atomic E-state index is 9.19. The van der Waals surface area contributed by atoms with Crippen LogP contribution in [0.4, 0.5) is 0 Å². The first-order chi connectivity index (χ1) is 9.78. The van der Waals surface area contributed by atoms with Crippen LogP contribution in [-0.2, 0) is 11.3 Å². The van der Waals surface area contributed by atoms with Gasteiger partial charge in [-0.05, 0) is 37.5 Å². The SMILES string of the molecule is CCOc1ccc(CNCC2(CCO)CCOC2)cc1. The van der Waals surface area contributed by atoms with Gasteiger partial charge in [-0.25, -0.2) is 0 Å². The fourth-order valence-electron chi connectivity index (χ4n) is 2.65. The molecule has 0 saturated carbocycles. The Morgan fingerprint density at radius 2 is 2.15 bits per heavy atom. The molecule has 20 heavy (non-hydrogen) atoms. The van der Waals surface area contributed by atoms with Crippen LogP contribution in [-0.4, -0.2) is 38.1 Å². The second kappa shape index (κ2) is 7.62. The molecule has 1 atom stereocenters. The highest BCUT2D eigenvalue weighted by molar-refractivity contribution is 5.27. The van der Waals surface area contributed by atoms with E-state index in [1.165, 1.54) is 5.56 Å². The Kier molecular flexibility index (Phi) is 5.83. The lowest BCUT2D eigenvalue weighted by atomic mass is 9.84. The molecule has 112 valence electrons. The minimum atomic E-state index is 0.111. The molecule has 1 saturated heterocycles. The molecule has 2 N–H and O–H groups in total. The number of benzene rings is 1. The van der Waals surface area contributed by atoms with E-state index >= 15 is 0 Å². The fraction of sp³-hybridized carbons (Fsp3) is 0.625. The lowest BCUT2D eigenvalue weighted by molar-refractivity contribution is 0.124. The van der Waals surface area contributed by atoms with Gasteiger partial charge >= 0.3 is 0 Å². The second-order valence-corrected chi connectivity index (χ2v) is 5.46. The van der Waals surface area contributed by atoms with Gasteiger partial charge in [0, 0.05) is 31.7 Å². The summed E-state index contributed by atoms with van der Waals surface area (Å²) in [5.41, 5.74) is 1.35. The molecular formula is C16H25NO3. The zero-order valence-corrected chi connectivity index (χ0v) is 12.2. The Hall–Kier alpha value is -1.10. The maximum Gasteiger partial charge on any atom is 0.119 e. The fourth-order valence-corrected chi connectivity index (χ4v) is 2.65. The summed E-state index contributed by atoms with van der Waals surface area (Å²) in [4.78, 5) is 0. The zero-order chi connectivity index (χ0) is 14.3. The summed E-state index contributed by atoms with van der Waals surface area (Å²) in [7, 11) is 0. The molecule has 1 aliphatic rings. The van der Waals surface area contributed by atoms with Crippen LogP contribution < -0.4 is 10.1 Å². The van der Waals surface area contributed by atoms with Crippen molar-refractivity contribution < 1.29 is 14.6 Å². The van der Waals surface area contributed by atoms with E-state index in [-0.39, 0.29) is 12.0 Å². The summed E-state index contributed by atoms with van der Waals surface area (Å²) in [5.74, 6) is 0.914. The van der Waals surface area contributed by atoms with Gasteiger partial charge in [0.05, 0.1) is 13.2 Å². The van der Waals surface area contributed by atoms with Gasteiger partial charge in [0.25, 0.3) is 0 Å². The van der Waals surface area contributed by atoms with E-state index in [2.05, 4.69) is 17.4 Å². The van der Waals surface area contributed by atoms with Crippen molar-refractivity contribution in [3.8, 4) is 5.75 Å². The van der Waals surface area contributed by atoms with E-state index in [9.17, 15) is 5.11 Å². The highest BCUT2D eigenvalue weighted by Gasteiger charge is 2.33. The van der Waals surface area contributed by atoms with Crippen molar-refractivity contribution in [2.75, 3.05) is 33.0 Å². The molecule has 0 aliphatic carbocycles. The van der Waals surface area contributed by atoms with Crippen molar-refractivity contribution in [1.29, 1.82) is 0 Å². The molecule has 1 heterocycles. The van der Waals surface area contributed by atoms with Gasteiger partial charge in [-0.2, -0.15) is 0 Å². The number of rotatable bonds is 8. The van der Waals surface area contributed by atoms with Crippen LogP contribution >= 0.6 is 0 Å². The number of hydrogen-bond donors (Lipinski definition) is 2. The third-order valence-corrected chi connectivity index (χ3v) is 3.89. The van der Waals surface area contributed by atoms with Gasteiger partial charge < -0.3 is 19.9 Å². The third-order valence-electron chi connectivity index (χ3n) is 3.89. The van der Waals surface area contributed by atoms with Gasteiger partial charge in [-0.1, -0.05) is 12.1 Å². The molecule has 0 bridgehead atoms. The number of aliphatic hydroxyl groups is 1. The van der Waals surface area contributed by atoms with Gasteiger partial charge in [0.1, 0.15) is 5.75 Å². The van der Waals surface area contributed by atoms with Gasteiger partial charge in [0.2, 0.25) is 0 Å². The molecule has 0 aromatic heterocycles. The molecule has 1 unspecified atom stereocenters. The van der Waals surface area contributed by atoms with Crippen molar-refractivity contribution in [2.45, 2.75) is 26.3 Å². The predicted molar refractivity (Wildman–Crippen MR) is 78.9 cm³/mol. The Morgan fingerprint density at radius 1 is 1.35 bits per heavy atom. The molecule has 1 fully saturated rings. The number of ether oxygens (including phenoxy) is 2. The maximum atomic E-state index is 9.19. The molecule has 0 amide bonds. The summed E-state index contributed by atoms with van der Waals surface area (Å²) in [6.45, 7) is 6.20. The highest BCUT2D eigenvalue weighted by Crippen LogP contribution is 2.31. The molecule has 0 radical (unpaired) electrons. The third kappa shape index (κ3) is 4.20. The molecule has 0 spiro atoms. The minimum absolute atomic E-state index is 0.111. The summed E-state index contributed by atoms with van der Waals surface area (Å²) in [5, 5.41) is 12.7. The Balaban J connectivity index is 1.79. The van der Waals surface area contributed by atoms with Crippen LogP contribution in [0.2, 0.25) is 0 Å². The minimum Gasteiger partial charge on any atom is -0.494 e. The number of aliphatic hydroxyl groups excluding tert-OH is 1. The average molecular weight is 279 g/mol. The monoisotopic (exact) mass is 279 g/mol. The van der Waals surface area contributed by atoms with Crippen LogP contribution in [0.15, 0.2) is 24.3 Å². The Morgan fingerprint density at radius 3 is 2.75 bits per heavy atom. The van der Waals surface area contributed by atoms with E-state index < -0.39 is 0 Å². The predicted octanol–water partition coefficient (Wildman–Crippen LogP) is 1.96. The van der Waals surface area contributed by atoms with Crippen LogP contribution in [0.1, 0.15) is 25.3 Å². The largest absolute Gasteiger partial charge is 0.494 e. The highest BCUT2D eigenvalue weighted by atomic mass is 16.5. The summed E-state index contributed by atoms with van der Waals surface area (Å²) < 4.78 is 10.9. The molecule has 4 nitrogen and oxygen atoms in total. The Bertz CT molecular complexity index is 385. The van der Waals surface area contributed by atoms with E-state index in [4.69, 9.17) is 9.47 Å². The topological polar surface area (TPSA) is 50.7 Å². The first kappa shape index (κ1) is 15.3. The van der Waals surface area contributed by atoms with E-state index in [0.29, 0.717) is 6.61 Å². The lowest BCUT2D eigenvalue weighted by Crippen LogP contribution is -2.35. The molecule has 2 rings (SSSR count). The van der Waals surface area contributed by atoms with E-state index in [0.717, 1.165) is 44.9 Å². The van der Waals surface area contributed by atoms with E-state index in [1.807, 2.05) is 19.1 Å². The lowest BCUT2D eigenvalue weighted by Gasteiger charge is -2.26. The zero-order valence-electron chi connectivity index (χ0n) is 12.2. The van der Waals surface area contributed by atoms with Crippen molar-refractivity contribution in [3.05, 3.63) is 29.8 Å². The quantitative estimate of drug-likeness (QED) is 0.764. The van der Waals surface area contributed by atoms with Crippen molar-refractivity contribution in [3.63, 3.8) is 0 Å². The Labute approximate surface area is 121 Å². The molecule has 1 aromatic rings. The number of nitrogens with one attached hydrogen (secondary N) is 1. The molecule has 1 aliphatic heterocycles.